The van der Waals surface area contributed by atoms with Crippen molar-refractivity contribution in [3.05, 3.63) is 70.7 Å². The van der Waals surface area contributed by atoms with E-state index in [-0.39, 0.29) is 11.7 Å². The van der Waals surface area contributed by atoms with Crippen LogP contribution in [0.4, 0.5) is 0 Å². The van der Waals surface area contributed by atoms with Gasteiger partial charge >= 0.3 is 0 Å². The minimum atomic E-state index is -0.129. The molecule has 0 aliphatic heterocycles. The Kier molecular flexibility index (Phi) is 4.39. The molecule has 0 aliphatic rings. The van der Waals surface area contributed by atoms with Gasteiger partial charge in [0.1, 0.15) is 15.6 Å². The van der Waals surface area contributed by atoms with Crippen molar-refractivity contribution in [1.29, 1.82) is 0 Å². The summed E-state index contributed by atoms with van der Waals surface area (Å²) in [5, 5.41) is 13.2. The second kappa shape index (κ2) is 6.62. The summed E-state index contributed by atoms with van der Waals surface area (Å²) in [6.07, 6.45) is 0. The van der Waals surface area contributed by atoms with Crippen LogP contribution in [0.25, 0.3) is 10.6 Å². The van der Waals surface area contributed by atoms with E-state index in [2.05, 4.69) is 10.3 Å². The average molecular weight is 324 g/mol. The molecule has 4 nitrogen and oxygen atoms in total. The minimum absolute atomic E-state index is 0.129. The third-order valence-corrected chi connectivity index (χ3v) is 4.60. The summed E-state index contributed by atoms with van der Waals surface area (Å²) in [5.74, 6) is 0.0562. The lowest BCUT2D eigenvalue weighted by Crippen LogP contribution is -2.22. The monoisotopic (exact) mass is 324 g/mol. The summed E-state index contributed by atoms with van der Waals surface area (Å²) >= 11 is 1.33. The van der Waals surface area contributed by atoms with Gasteiger partial charge in [-0.3, -0.25) is 4.79 Å². The van der Waals surface area contributed by atoms with Gasteiger partial charge in [0.05, 0.1) is 5.69 Å². The van der Waals surface area contributed by atoms with Crippen LogP contribution in [0.1, 0.15) is 20.9 Å². The summed E-state index contributed by atoms with van der Waals surface area (Å²) < 4.78 is 0. The first-order valence-electron chi connectivity index (χ1n) is 7.22. The number of benzene rings is 2. The Hall–Kier alpha value is -2.66. The predicted molar refractivity (Wildman–Crippen MR) is 91.6 cm³/mol. The van der Waals surface area contributed by atoms with Gasteiger partial charge in [-0.25, -0.2) is 4.98 Å². The van der Waals surface area contributed by atoms with Crippen molar-refractivity contribution >= 4 is 17.2 Å². The number of phenolic OH excluding ortho intramolecular Hbond substituents is 1. The molecule has 23 heavy (non-hydrogen) atoms. The fraction of sp³-hybridized carbons (Fsp3) is 0.111. The number of nitrogens with zero attached hydrogens (tertiary/aromatic N) is 1. The van der Waals surface area contributed by atoms with E-state index in [1.54, 1.807) is 18.2 Å². The zero-order chi connectivity index (χ0) is 16.2. The quantitative estimate of drug-likeness (QED) is 0.768. The van der Waals surface area contributed by atoms with Gasteiger partial charge in [0.15, 0.2) is 0 Å². The van der Waals surface area contributed by atoms with Gasteiger partial charge in [-0.2, -0.15) is 0 Å². The number of aromatic nitrogens is 1. The first-order chi connectivity index (χ1) is 11.1. The molecule has 5 heteroatoms. The molecule has 3 aromatic rings. The Bertz CT molecular complexity index is 828. The maximum Gasteiger partial charge on any atom is 0.263 e. The van der Waals surface area contributed by atoms with Crippen molar-refractivity contribution < 1.29 is 9.90 Å². The largest absolute Gasteiger partial charge is 0.508 e. The first-order valence-corrected chi connectivity index (χ1v) is 8.04. The van der Waals surface area contributed by atoms with E-state index in [0.717, 1.165) is 16.1 Å². The molecule has 1 aromatic heterocycles. The smallest absolute Gasteiger partial charge is 0.263 e. The zero-order valence-electron chi connectivity index (χ0n) is 12.6. The maximum absolute atomic E-state index is 12.4. The summed E-state index contributed by atoms with van der Waals surface area (Å²) in [7, 11) is 0. The van der Waals surface area contributed by atoms with Crippen LogP contribution in [0, 0.1) is 6.92 Å². The normalized spacial score (nSPS) is 10.5. The SMILES string of the molecule is Cc1nc(-c2cccc(O)c2)sc1C(=O)NCc1ccccc1. The third kappa shape index (κ3) is 3.57. The van der Waals surface area contributed by atoms with E-state index in [9.17, 15) is 9.90 Å². The van der Waals surface area contributed by atoms with Crippen LogP contribution < -0.4 is 5.32 Å². The molecule has 1 amide bonds. The van der Waals surface area contributed by atoms with Crippen molar-refractivity contribution in [2.45, 2.75) is 13.5 Å². The Morgan fingerprint density at radius 3 is 2.70 bits per heavy atom. The molecule has 3 rings (SSSR count). The van der Waals surface area contributed by atoms with Gasteiger partial charge in [0.25, 0.3) is 5.91 Å². The average Bonchev–Trinajstić information content (AvgIpc) is 2.96. The molecule has 0 spiro atoms. The number of thiazole rings is 1. The van der Waals surface area contributed by atoms with Gasteiger partial charge < -0.3 is 10.4 Å². The summed E-state index contributed by atoms with van der Waals surface area (Å²) in [6, 6.07) is 16.6. The lowest BCUT2D eigenvalue weighted by atomic mass is 10.2. The molecule has 2 aromatic carbocycles. The fourth-order valence-electron chi connectivity index (χ4n) is 2.23. The zero-order valence-corrected chi connectivity index (χ0v) is 13.4. The number of carbonyl (C=O) groups excluding carboxylic acids is 1. The highest BCUT2D eigenvalue weighted by molar-refractivity contribution is 7.17. The van der Waals surface area contributed by atoms with E-state index < -0.39 is 0 Å². The highest BCUT2D eigenvalue weighted by Crippen LogP contribution is 2.29. The van der Waals surface area contributed by atoms with Crippen LogP contribution in [0.5, 0.6) is 5.75 Å². The number of amides is 1. The number of aromatic hydroxyl groups is 1. The number of nitrogens with one attached hydrogen (secondary N) is 1. The molecule has 0 bridgehead atoms. The standard InChI is InChI=1S/C18H16N2O2S/c1-12-16(17(22)19-11-13-6-3-2-4-7-13)23-18(20-12)14-8-5-9-15(21)10-14/h2-10,21H,11H2,1H3,(H,19,22). The molecular weight excluding hydrogens is 308 g/mol. The molecule has 116 valence electrons. The highest BCUT2D eigenvalue weighted by atomic mass is 32.1. The van der Waals surface area contributed by atoms with Crippen LogP contribution in [-0.4, -0.2) is 16.0 Å². The van der Waals surface area contributed by atoms with Crippen LogP contribution in [-0.2, 0) is 6.54 Å². The second-order valence-electron chi connectivity index (χ2n) is 5.15. The molecule has 1 heterocycles. The van der Waals surface area contributed by atoms with Crippen LogP contribution in [0.3, 0.4) is 0 Å². The molecule has 0 saturated heterocycles. The molecule has 0 radical (unpaired) electrons. The summed E-state index contributed by atoms with van der Waals surface area (Å²) in [4.78, 5) is 17.4. The molecule has 0 atom stereocenters. The van der Waals surface area contributed by atoms with E-state index in [0.29, 0.717) is 17.1 Å². The van der Waals surface area contributed by atoms with Crippen LogP contribution in [0.2, 0.25) is 0 Å². The lowest BCUT2D eigenvalue weighted by molar-refractivity contribution is 0.0954. The maximum atomic E-state index is 12.4. The van der Waals surface area contributed by atoms with Gasteiger partial charge in [0.2, 0.25) is 0 Å². The Labute approximate surface area is 138 Å². The van der Waals surface area contributed by atoms with Crippen LogP contribution in [0.15, 0.2) is 54.6 Å². The van der Waals surface area contributed by atoms with Gasteiger partial charge in [-0.15, -0.1) is 11.3 Å². The highest BCUT2D eigenvalue weighted by Gasteiger charge is 2.16. The van der Waals surface area contributed by atoms with E-state index in [4.69, 9.17) is 0 Å². The number of hydrogen-bond acceptors (Lipinski definition) is 4. The molecule has 2 N–H and O–H groups in total. The summed E-state index contributed by atoms with van der Waals surface area (Å²) in [6.45, 7) is 2.30. The topological polar surface area (TPSA) is 62.2 Å². The molecule has 0 fully saturated rings. The van der Waals surface area contributed by atoms with Crippen molar-refractivity contribution in [2.75, 3.05) is 0 Å². The van der Waals surface area contributed by atoms with Crippen molar-refractivity contribution in [2.24, 2.45) is 0 Å². The Morgan fingerprint density at radius 2 is 1.96 bits per heavy atom. The summed E-state index contributed by atoms with van der Waals surface area (Å²) in [5.41, 5.74) is 2.55. The Morgan fingerprint density at radius 1 is 1.17 bits per heavy atom. The molecule has 0 unspecified atom stereocenters. The van der Waals surface area contributed by atoms with Crippen LogP contribution >= 0.6 is 11.3 Å². The minimum Gasteiger partial charge on any atom is -0.508 e. The Balaban J connectivity index is 1.76. The second-order valence-corrected chi connectivity index (χ2v) is 6.15. The van der Waals surface area contributed by atoms with E-state index in [1.807, 2.05) is 43.3 Å². The third-order valence-electron chi connectivity index (χ3n) is 3.39. The van der Waals surface area contributed by atoms with Gasteiger partial charge in [0, 0.05) is 12.1 Å². The van der Waals surface area contributed by atoms with Gasteiger partial charge in [-0.1, -0.05) is 42.5 Å². The molecule has 0 saturated carbocycles. The first kappa shape index (κ1) is 15.2. The number of phenols is 1. The number of rotatable bonds is 4. The lowest BCUT2D eigenvalue weighted by Gasteiger charge is -2.03. The molecule has 0 aliphatic carbocycles. The number of carbonyl (C=O) groups is 1. The van der Waals surface area contributed by atoms with Gasteiger partial charge in [-0.05, 0) is 24.6 Å². The van der Waals surface area contributed by atoms with Crippen molar-refractivity contribution in [1.82, 2.24) is 10.3 Å². The van der Waals surface area contributed by atoms with Crippen molar-refractivity contribution in [3.8, 4) is 16.3 Å². The molecular formula is C18H16N2O2S. The van der Waals surface area contributed by atoms with Crippen molar-refractivity contribution in [3.63, 3.8) is 0 Å². The van der Waals surface area contributed by atoms with E-state index >= 15 is 0 Å². The fourth-order valence-corrected chi connectivity index (χ4v) is 3.21. The van der Waals surface area contributed by atoms with E-state index in [1.165, 1.54) is 11.3 Å². The number of aryl methyl sites for hydroxylation is 1. The number of hydrogen-bond donors (Lipinski definition) is 2. The predicted octanol–water partition coefficient (Wildman–Crippen LogP) is 3.75.